The molecule has 0 spiro atoms. The van der Waals surface area contributed by atoms with E-state index in [1.54, 1.807) is 6.92 Å². The number of hydrogen-bond acceptors (Lipinski definition) is 5. The molecule has 0 aromatic heterocycles. The number of nitro groups is 1. The summed E-state index contributed by atoms with van der Waals surface area (Å²) < 4.78 is 26.5. The van der Waals surface area contributed by atoms with Crippen molar-refractivity contribution in [2.24, 2.45) is 0 Å². The lowest BCUT2D eigenvalue weighted by Gasteiger charge is -2.11. The zero-order valence-electron chi connectivity index (χ0n) is 11.4. The molecule has 1 aromatic carbocycles. The van der Waals surface area contributed by atoms with E-state index in [4.69, 9.17) is 0 Å². The van der Waals surface area contributed by atoms with Crippen LogP contribution < -0.4 is 4.72 Å². The van der Waals surface area contributed by atoms with Crippen molar-refractivity contribution in [2.45, 2.75) is 37.7 Å². The Morgan fingerprint density at radius 1 is 1.45 bits per heavy atom. The lowest BCUT2D eigenvalue weighted by Crippen LogP contribution is -2.27. The monoisotopic (exact) mass is 302 g/mol. The molecule has 7 nitrogen and oxygen atoms in total. The van der Waals surface area contributed by atoms with Gasteiger partial charge in [0.15, 0.2) is 0 Å². The minimum absolute atomic E-state index is 0.00842. The number of sulfonamides is 1. The maximum atomic E-state index is 12.0. The second-order valence-corrected chi connectivity index (χ2v) is 6.19. The van der Waals surface area contributed by atoms with E-state index < -0.39 is 21.1 Å². The standard InChI is InChI=1S/C12H18N2O5S/c1-3-11(15)6-7-13-20(18,19)12-5-4-10(14(16)17)8-9(12)2/h4-5,8,11,13,15H,3,6-7H2,1-2H3. The molecule has 1 rings (SSSR count). The van der Waals surface area contributed by atoms with Crippen LogP contribution in [0.25, 0.3) is 0 Å². The van der Waals surface area contributed by atoms with Crippen molar-refractivity contribution in [3.05, 3.63) is 33.9 Å². The van der Waals surface area contributed by atoms with Crippen molar-refractivity contribution in [1.29, 1.82) is 0 Å². The van der Waals surface area contributed by atoms with Gasteiger partial charge in [-0.2, -0.15) is 0 Å². The Kier molecular flexibility index (Phi) is 5.61. The Bertz CT molecular complexity index is 586. The number of non-ortho nitro benzene ring substituents is 1. The fourth-order valence-electron chi connectivity index (χ4n) is 1.69. The Morgan fingerprint density at radius 2 is 2.10 bits per heavy atom. The number of hydrogen-bond donors (Lipinski definition) is 2. The summed E-state index contributed by atoms with van der Waals surface area (Å²) in [6.45, 7) is 3.43. The van der Waals surface area contributed by atoms with Crippen molar-refractivity contribution in [1.82, 2.24) is 4.72 Å². The number of benzene rings is 1. The first-order valence-electron chi connectivity index (χ1n) is 6.20. The van der Waals surface area contributed by atoms with Crippen molar-refractivity contribution < 1.29 is 18.4 Å². The Labute approximate surface area is 117 Å². The molecule has 0 fully saturated rings. The number of aliphatic hydroxyl groups excluding tert-OH is 1. The molecule has 0 amide bonds. The molecule has 2 N–H and O–H groups in total. The summed E-state index contributed by atoms with van der Waals surface area (Å²) in [5, 5.41) is 20.0. The van der Waals surface area contributed by atoms with Crippen molar-refractivity contribution >= 4 is 15.7 Å². The van der Waals surface area contributed by atoms with Crippen molar-refractivity contribution in [3.8, 4) is 0 Å². The minimum atomic E-state index is -3.72. The summed E-state index contributed by atoms with van der Waals surface area (Å²) in [6.07, 6.45) is 0.329. The van der Waals surface area contributed by atoms with Gasteiger partial charge in [0, 0.05) is 18.7 Å². The van der Waals surface area contributed by atoms with Gasteiger partial charge in [-0.3, -0.25) is 10.1 Å². The largest absolute Gasteiger partial charge is 0.393 e. The molecule has 8 heteroatoms. The van der Waals surface area contributed by atoms with Crippen LogP contribution in [0.1, 0.15) is 25.3 Å². The summed E-state index contributed by atoms with van der Waals surface area (Å²) in [5.74, 6) is 0. The van der Waals surface area contributed by atoms with Crippen LogP contribution in [0.3, 0.4) is 0 Å². The molecule has 0 radical (unpaired) electrons. The molecule has 0 aliphatic heterocycles. The van der Waals surface area contributed by atoms with Crippen molar-refractivity contribution in [2.75, 3.05) is 6.54 Å². The highest BCUT2D eigenvalue weighted by atomic mass is 32.2. The maximum Gasteiger partial charge on any atom is 0.269 e. The summed E-state index contributed by atoms with van der Waals surface area (Å²) in [7, 11) is -3.72. The van der Waals surface area contributed by atoms with Crippen LogP contribution in [0.15, 0.2) is 23.1 Å². The predicted octanol–water partition coefficient (Wildman–Crippen LogP) is 1.34. The van der Waals surface area contributed by atoms with Gasteiger partial charge in [-0.1, -0.05) is 6.92 Å². The molecule has 0 bridgehead atoms. The van der Waals surface area contributed by atoms with Gasteiger partial charge >= 0.3 is 0 Å². The van der Waals surface area contributed by atoms with Gasteiger partial charge in [0.05, 0.1) is 15.9 Å². The lowest BCUT2D eigenvalue weighted by molar-refractivity contribution is -0.385. The number of aliphatic hydroxyl groups is 1. The Hall–Kier alpha value is -1.51. The van der Waals surface area contributed by atoms with Gasteiger partial charge in [-0.05, 0) is 31.4 Å². The van der Waals surface area contributed by atoms with E-state index in [2.05, 4.69) is 4.72 Å². The highest BCUT2D eigenvalue weighted by Gasteiger charge is 2.19. The van der Waals surface area contributed by atoms with E-state index in [1.807, 2.05) is 0 Å². The van der Waals surface area contributed by atoms with Gasteiger partial charge in [0.2, 0.25) is 10.0 Å². The van der Waals surface area contributed by atoms with Gasteiger partial charge < -0.3 is 5.11 Å². The summed E-state index contributed by atoms with van der Waals surface area (Å²) in [5.41, 5.74) is 0.158. The second kappa shape index (κ2) is 6.78. The molecule has 0 heterocycles. The third-order valence-electron chi connectivity index (χ3n) is 2.90. The molecule has 1 atom stereocenters. The van der Waals surface area contributed by atoms with Gasteiger partial charge in [0.25, 0.3) is 5.69 Å². The zero-order valence-corrected chi connectivity index (χ0v) is 12.2. The first-order chi connectivity index (χ1) is 9.27. The Balaban J connectivity index is 2.85. The first-order valence-corrected chi connectivity index (χ1v) is 7.69. The summed E-state index contributed by atoms with van der Waals surface area (Å²) in [6, 6.07) is 3.59. The molecule has 20 heavy (non-hydrogen) atoms. The van der Waals surface area contributed by atoms with Crippen LogP contribution in [-0.2, 0) is 10.0 Å². The molecule has 1 aromatic rings. The number of aryl methyl sites for hydroxylation is 1. The minimum Gasteiger partial charge on any atom is -0.393 e. The van der Waals surface area contributed by atoms with Gasteiger partial charge in [0.1, 0.15) is 0 Å². The van der Waals surface area contributed by atoms with Crippen LogP contribution in [0, 0.1) is 17.0 Å². The highest BCUT2D eigenvalue weighted by Crippen LogP contribution is 2.20. The molecule has 0 saturated carbocycles. The molecular formula is C12H18N2O5S. The normalized spacial score (nSPS) is 13.2. The zero-order chi connectivity index (χ0) is 15.3. The topological polar surface area (TPSA) is 110 Å². The van der Waals surface area contributed by atoms with Crippen LogP contribution in [0.4, 0.5) is 5.69 Å². The quantitative estimate of drug-likeness (QED) is 0.583. The molecule has 1 unspecified atom stereocenters. The number of nitro benzene ring substituents is 1. The summed E-state index contributed by atoms with van der Waals surface area (Å²) in [4.78, 5) is 10.0. The third-order valence-corrected chi connectivity index (χ3v) is 4.52. The van der Waals surface area contributed by atoms with E-state index in [-0.39, 0.29) is 17.1 Å². The maximum absolute atomic E-state index is 12.0. The second-order valence-electron chi connectivity index (χ2n) is 4.46. The van der Waals surface area contributed by atoms with Crippen LogP contribution in [-0.4, -0.2) is 31.1 Å². The number of nitrogens with one attached hydrogen (secondary N) is 1. The smallest absolute Gasteiger partial charge is 0.269 e. The van der Waals surface area contributed by atoms with E-state index in [0.29, 0.717) is 18.4 Å². The summed E-state index contributed by atoms with van der Waals surface area (Å²) >= 11 is 0. The van der Waals surface area contributed by atoms with E-state index in [0.717, 1.165) is 6.07 Å². The first kappa shape index (κ1) is 16.5. The van der Waals surface area contributed by atoms with Crippen LogP contribution >= 0.6 is 0 Å². The van der Waals surface area contributed by atoms with Gasteiger partial charge in [-0.15, -0.1) is 0 Å². The van der Waals surface area contributed by atoms with Crippen molar-refractivity contribution in [3.63, 3.8) is 0 Å². The fraction of sp³-hybridized carbons (Fsp3) is 0.500. The average Bonchev–Trinajstić information content (AvgIpc) is 2.37. The molecular weight excluding hydrogens is 284 g/mol. The number of nitrogens with zero attached hydrogens (tertiary/aromatic N) is 1. The molecule has 112 valence electrons. The van der Waals surface area contributed by atoms with Crippen LogP contribution in [0.5, 0.6) is 0 Å². The predicted molar refractivity (Wildman–Crippen MR) is 73.9 cm³/mol. The average molecular weight is 302 g/mol. The van der Waals surface area contributed by atoms with E-state index >= 15 is 0 Å². The SMILES string of the molecule is CCC(O)CCNS(=O)(=O)c1ccc([N+](=O)[O-])cc1C. The lowest BCUT2D eigenvalue weighted by atomic mass is 10.2. The highest BCUT2D eigenvalue weighted by molar-refractivity contribution is 7.89. The van der Waals surface area contributed by atoms with E-state index in [9.17, 15) is 23.6 Å². The fourth-order valence-corrected chi connectivity index (χ4v) is 2.96. The Morgan fingerprint density at radius 3 is 2.60 bits per heavy atom. The number of rotatable bonds is 7. The molecule has 0 aliphatic carbocycles. The van der Waals surface area contributed by atoms with Gasteiger partial charge in [-0.25, -0.2) is 13.1 Å². The molecule has 0 aliphatic rings. The molecule has 0 saturated heterocycles. The van der Waals surface area contributed by atoms with E-state index in [1.165, 1.54) is 19.1 Å². The van der Waals surface area contributed by atoms with Crippen LogP contribution in [0.2, 0.25) is 0 Å². The third kappa shape index (κ3) is 4.26.